The third-order valence-corrected chi connectivity index (χ3v) is 7.12. The number of nitrogens with one attached hydrogen (secondary N) is 1. The molecular weight excluding hydrogens is 540 g/mol. The van der Waals surface area contributed by atoms with E-state index >= 15 is 0 Å². The lowest BCUT2D eigenvalue weighted by atomic mass is 10.1. The highest BCUT2D eigenvalue weighted by Crippen LogP contribution is 2.27. The molecule has 0 unspecified atom stereocenters. The number of hydrogen-bond acceptors (Lipinski definition) is 5. The van der Waals surface area contributed by atoms with Gasteiger partial charge in [-0.2, -0.15) is 0 Å². The van der Waals surface area contributed by atoms with Crippen LogP contribution < -0.4 is 15.4 Å². The van der Waals surface area contributed by atoms with E-state index in [1.807, 2.05) is 24.5 Å². The van der Waals surface area contributed by atoms with E-state index in [0.717, 1.165) is 15.9 Å². The molecule has 1 saturated heterocycles. The molecule has 0 saturated carbocycles. The van der Waals surface area contributed by atoms with Crippen molar-refractivity contribution in [2.75, 3.05) is 4.90 Å². The predicted molar refractivity (Wildman–Crippen MR) is 137 cm³/mol. The summed E-state index contributed by atoms with van der Waals surface area (Å²) in [4.78, 5) is 27.2. The van der Waals surface area contributed by atoms with Gasteiger partial charge in [-0.3, -0.25) is 19.8 Å². The second kappa shape index (κ2) is 8.91. The van der Waals surface area contributed by atoms with Crippen molar-refractivity contribution < 1.29 is 18.0 Å². The van der Waals surface area contributed by atoms with Gasteiger partial charge in [-0.25, -0.2) is 13.6 Å². The first kappa shape index (κ1) is 24.0. The van der Waals surface area contributed by atoms with E-state index < -0.39 is 21.8 Å². The number of nitrogens with zero attached hydrogens (tertiary/aromatic N) is 2. The number of rotatable bonds is 4. The van der Waals surface area contributed by atoms with Gasteiger partial charge in [0.2, 0.25) is 10.0 Å². The molecule has 174 valence electrons. The van der Waals surface area contributed by atoms with Crippen LogP contribution in [0.1, 0.15) is 17.0 Å². The molecule has 2 amide bonds. The number of halogens is 1. The molecule has 2 aromatic carbocycles. The lowest BCUT2D eigenvalue weighted by Gasteiger charge is -2.29. The largest absolute Gasteiger partial charge is 0.318 e. The summed E-state index contributed by atoms with van der Waals surface area (Å²) in [5, 5.41) is 7.77. The lowest BCUT2D eigenvalue weighted by molar-refractivity contribution is -0.122. The summed E-state index contributed by atoms with van der Waals surface area (Å²) in [5.74, 6) is -1.11. The van der Waals surface area contributed by atoms with E-state index in [9.17, 15) is 18.0 Å². The molecule has 1 aliphatic heterocycles. The van der Waals surface area contributed by atoms with Crippen LogP contribution in [0.3, 0.4) is 0 Å². The second-order valence-corrected chi connectivity index (χ2v) is 10.5. The van der Waals surface area contributed by atoms with Crippen LogP contribution in [0.25, 0.3) is 11.8 Å². The van der Waals surface area contributed by atoms with Crippen molar-refractivity contribution in [3.05, 3.63) is 81.6 Å². The summed E-state index contributed by atoms with van der Waals surface area (Å²) in [5.41, 5.74) is 3.44. The number of primary sulfonamides is 1. The third kappa shape index (κ3) is 4.47. The number of aromatic nitrogens is 1. The van der Waals surface area contributed by atoms with Gasteiger partial charge in [-0.15, -0.1) is 0 Å². The molecule has 0 bridgehead atoms. The maximum Gasteiger partial charge on any atom is 0.270 e. The molecule has 0 radical (unpaired) electrons. The van der Waals surface area contributed by atoms with Crippen LogP contribution in [-0.4, -0.2) is 29.9 Å². The Hall–Kier alpha value is -3.12. The van der Waals surface area contributed by atoms with Crippen molar-refractivity contribution >= 4 is 66.9 Å². The normalized spacial score (nSPS) is 15.7. The van der Waals surface area contributed by atoms with Crippen molar-refractivity contribution in [1.29, 1.82) is 0 Å². The number of aryl methyl sites for hydroxylation is 1. The SMILES string of the molecule is Cc1cc(/C=C2\C(=O)NC(=S)N(c3ccc(Br)cc3)C2=O)c(C)n1-c1ccc(S(N)(=O)=O)cc1. The van der Waals surface area contributed by atoms with Crippen LogP contribution in [0, 0.1) is 13.8 Å². The van der Waals surface area contributed by atoms with Crippen LogP contribution in [-0.2, 0) is 19.6 Å². The zero-order chi connectivity index (χ0) is 24.8. The number of hydrogen-bond donors (Lipinski definition) is 2. The van der Waals surface area contributed by atoms with Gasteiger partial charge in [-0.05, 0) is 92.3 Å². The quantitative estimate of drug-likeness (QED) is 0.289. The molecule has 8 nitrogen and oxygen atoms in total. The average Bonchev–Trinajstić information content (AvgIpc) is 3.04. The van der Waals surface area contributed by atoms with Crippen molar-refractivity contribution in [1.82, 2.24) is 9.88 Å². The molecule has 3 aromatic rings. The van der Waals surface area contributed by atoms with Crippen LogP contribution in [0.15, 0.2) is 69.5 Å². The van der Waals surface area contributed by atoms with Crippen LogP contribution >= 0.6 is 28.1 Å². The van der Waals surface area contributed by atoms with E-state index in [-0.39, 0.29) is 15.6 Å². The monoisotopic (exact) mass is 558 g/mol. The second-order valence-electron chi connectivity index (χ2n) is 7.64. The zero-order valence-electron chi connectivity index (χ0n) is 18.1. The van der Waals surface area contributed by atoms with Crippen molar-refractivity contribution in [3.8, 4) is 5.69 Å². The third-order valence-electron chi connectivity index (χ3n) is 5.38. The molecular formula is C23H19BrN4O4S2. The Kier molecular flexibility index (Phi) is 6.30. The summed E-state index contributed by atoms with van der Waals surface area (Å²) in [6, 6.07) is 15.0. The Morgan fingerprint density at radius 1 is 1.00 bits per heavy atom. The van der Waals surface area contributed by atoms with E-state index in [1.165, 1.54) is 23.1 Å². The molecule has 3 N–H and O–H groups in total. The van der Waals surface area contributed by atoms with Gasteiger partial charge in [-0.1, -0.05) is 15.9 Å². The van der Waals surface area contributed by atoms with Gasteiger partial charge in [0.15, 0.2) is 5.11 Å². The van der Waals surface area contributed by atoms with E-state index in [0.29, 0.717) is 16.9 Å². The Morgan fingerprint density at radius 3 is 2.18 bits per heavy atom. The molecule has 2 heterocycles. The topological polar surface area (TPSA) is 114 Å². The van der Waals surface area contributed by atoms with Crippen LogP contribution in [0.2, 0.25) is 0 Å². The van der Waals surface area contributed by atoms with Crippen LogP contribution in [0.4, 0.5) is 5.69 Å². The number of benzene rings is 2. The summed E-state index contributed by atoms with van der Waals surface area (Å²) < 4.78 is 25.8. The molecule has 1 aliphatic rings. The summed E-state index contributed by atoms with van der Waals surface area (Å²) in [6.45, 7) is 3.71. The summed E-state index contributed by atoms with van der Waals surface area (Å²) in [7, 11) is -3.80. The smallest absolute Gasteiger partial charge is 0.270 e. The highest BCUT2D eigenvalue weighted by molar-refractivity contribution is 9.10. The standard InChI is InChI=1S/C23H19BrN4O4S2/c1-13-11-15(14(2)27(13)17-7-9-19(10-8-17)34(25,31)32)12-20-21(29)26-23(33)28(22(20)30)18-5-3-16(24)4-6-18/h3-12H,1-2H3,(H2,25,31,32)(H,26,29,33)/b20-12+. The van der Waals surface area contributed by atoms with E-state index in [1.54, 1.807) is 36.4 Å². The van der Waals surface area contributed by atoms with Gasteiger partial charge in [0.25, 0.3) is 11.8 Å². The van der Waals surface area contributed by atoms with E-state index in [2.05, 4.69) is 21.2 Å². The number of nitrogens with two attached hydrogens (primary N) is 1. The van der Waals surface area contributed by atoms with Crippen molar-refractivity contribution in [2.24, 2.45) is 5.14 Å². The zero-order valence-corrected chi connectivity index (χ0v) is 21.3. The molecule has 34 heavy (non-hydrogen) atoms. The first-order valence-electron chi connectivity index (χ1n) is 9.96. The van der Waals surface area contributed by atoms with Crippen molar-refractivity contribution in [3.63, 3.8) is 0 Å². The number of amides is 2. The molecule has 0 atom stereocenters. The maximum atomic E-state index is 13.3. The molecule has 11 heteroatoms. The maximum absolute atomic E-state index is 13.3. The fraction of sp³-hybridized carbons (Fsp3) is 0.0870. The minimum Gasteiger partial charge on any atom is -0.318 e. The Morgan fingerprint density at radius 2 is 1.59 bits per heavy atom. The lowest BCUT2D eigenvalue weighted by Crippen LogP contribution is -2.54. The number of carbonyl (C=O) groups excluding carboxylic acids is 2. The highest BCUT2D eigenvalue weighted by Gasteiger charge is 2.34. The Bertz CT molecular complexity index is 1470. The molecule has 1 fully saturated rings. The minimum atomic E-state index is -3.80. The summed E-state index contributed by atoms with van der Waals surface area (Å²) >= 11 is 8.60. The predicted octanol–water partition coefficient (Wildman–Crippen LogP) is 3.34. The number of sulfonamides is 1. The van der Waals surface area contributed by atoms with E-state index in [4.69, 9.17) is 17.4 Å². The number of carbonyl (C=O) groups is 2. The van der Waals surface area contributed by atoms with Gasteiger partial charge in [0, 0.05) is 21.5 Å². The first-order valence-corrected chi connectivity index (χ1v) is 12.7. The van der Waals surface area contributed by atoms with Gasteiger partial charge in [0.05, 0.1) is 10.6 Å². The van der Waals surface area contributed by atoms with Crippen molar-refractivity contribution in [2.45, 2.75) is 18.7 Å². The first-order chi connectivity index (χ1) is 16.0. The Balaban J connectivity index is 1.73. The van der Waals surface area contributed by atoms with Gasteiger partial charge < -0.3 is 4.57 Å². The minimum absolute atomic E-state index is 0.00882. The average molecular weight is 559 g/mol. The highest BCUT2D eigenvalue weighted by atomic mass is 79.9. The van der Waals surface area contributed by atoms with Gasteiger partial charge >= 0.3 is 0 Å². The molecule has 0 spiro atoms. The molecule has 1 aromatic heterocycles. The fourth-order valence-corrected chi connectivity index (χ4v) is 4.81. The molecule has 0 aliphatic carbocycles. The van der Waals surface area contributed by atoms with Gasteiger partial charge in [0.1, 0.15) is 5.57 Å². The van der Waals surface area contributed by atoms with Crippen LogP contribution in [0.5, 0.6) is 0 Å². The number of thiocarbonyl (C=S) groups is 1. The number of anilines is 1. The fourth-order valence-electron chi connectivity index (χ4n) is 3.75. The molecule has 4 rings (SSSR count). The Labute approximate surface area is 210 Å². The summed E-state index contributed by atoms with van der Waals surface area (Å²) in [6.07, 6.45) is 1.53.